The van der Waals surface area contributed by atoms with E-state index < -0.39 is 12.0 Å². The number of aliphatic carboxylic acids is 1. The molecule has 2 fully saturated rings. The van der Waals surface area contributed by atoms with Crippen molar-refractivity contribution < 1.29 is 9.90 Å². The second kappa shape index (κ2) is 7.33. The van der Waals surface area contributed by atoms with Crippen LogP contribution >= 0.6 is 11.8 Å². The first kappa shape index (κ1) is 15.6. The zero-order valence-electron chi connectivity index (χ0n) is 12.8. The largest absolute Gasteiger partial charge is 0.480 e. The molecule has 3 rings (SSSR count). The molecule has 120 valence electrons. The number of pyridine rings is 1. The van der Waals surface area contributed by atoms with Gasteiger partial charge in [0.25, 0.3) is 0 Å². The van der Waals surface area contributed by atoms with E-state index in [4.69, 9.17) is 0 Å². The summed E-state index contributed by atoms with van der Waals surface area (Å²) in [5.41, 5.74) is 0.792. The summed E-state index contributed by atoms with van der Waals surface area (Å²) < 4.78 is 0. The standard InChI is InChI=1S/C16H23N3O2S/c20-16(21)15(19-8-10-22-11-9-19)13-4-5-14(17-12-13)18-6-2-1-3-7-18/h4-5,12,15H,1-3,6-11H2,(H,20,21)/t15-/m1/s1. The minimum Gasteiger partial charge on any atom is -0.480 e. The maximum Gasteiger partial charge on any atom is 0.325 e. The van der Waals surface area contributed by atoms with Gasteiger partial charge in [-0.05, 0) is 30.9 Å². The van der Waals surface area contributed by atoms with Crippen molar-refractivity contribution in [3.05, 3.63) is 23.9 Å². The molecule has 0 spiro atoms. The highest BCUT2D eigenvalue weighted by Crippen LogP contribution is 2.26. The zero-order valence-corrected chi connectivity index (χ0v) is 13.6. The van der Waals surface area contributed by atoms with Crippen molar-refractivity contribution in [2.45, 2.75) is 25.3 Å². The molecule has 3 heterocycles. The summed E-state index contributed by atoms with van der Waals surface area (Å²) in [7, 11) is 0. The van der Waals surface area contributed by atoms with Crippen LogP contribution in [0.4, 0.5) is 5.82 Å². The fourth-order valence-corrected chi connectivity index (χ4v) is 4.15. The molecule has 1 aromatic rings. The Morgan fingerprint density at radius 1 is 1.14 bits per heavy atom. The molecule has 0 aromatic carbocycles. The topological polar surface area (TPSA) is 56.7 Å². The van der Waals surface area contributed by atoms with Crippen molar-refractivity contribution >= 4 is 23.5 Å². The second-order valence-corrected chi connectivity index (χ2v) is 7.11. The van der Waals surface area contributed by atoms with Crippen molar-refractivity contribution in [2.24, 2.45) is 0 Å². The van der Waals surface area contributed by atoms with Gasteiger partial charge in [-0.3, -0.25) is 9.69 Å². The third-order valence-corrected chi connectivity index (χ3v) is 5.35. The lowest BCUT2D eigenvalue weighted by molar-refractivity contribution is -0.143. The molecule has 0 aliphatic carbocycles. The van der Waals surface area contributed by atoms with Gasteiger partial charge >= 0.3 is 5.97 Å². The molecule has 0 bridgehead atoms. The number of rotatable bonds is 4. The SMILES string of the molecule is O=C(O)[C@@H](c1ccc(N2CCCCC2)nc1)N1CCSCC1. The van der Waals surface area contributed by atoms with E-state index in [1.165, 1.54) is 19.3 Å². The average Bonchev–Trinajstić information content (AvgIpc) is 2.57. The van der Waals surface area contributed by atoms with Crippen molar-refractivity contribution in [1.82, 2.24) is 9.88 Å². The van der Waals surface area contributed by atoms with Crippen molar-refractivity contribution in [3.63, 3.8) is 0 Å². The van der Waals surface area contributed by atoms with Crippen molar-refractivity contribution in [1.29, 1.82) is 0 Å². The van der Waals surface area contributed by atoms with E-state index in [1.54, 1.807) is 6.20 Å². The normalized spacial score (nSPS) is 21.5. The van der Waals surface area contributed by atoms with Gasteiger partial charge in [0.05, 0.1) is 0 Å². The molecule has 5 nitrogen and oxygen atoms in total. The summed E-state index contributed by atoms with van der Waals surface area (Å²) in [6.45, 7) is 3.77. The summed E-state index contributed by atoms with van der Waals surface area (Å²) in [6.07, 6.45) is 5.48. The van der Waals surface area contributed by atoms with E-state index in [1.807, 2.05) is 23.9 Å². The van der Waals surface area contributed by atoms with Crippen LogP contribution in [0, 0.1) is 0 Å². The number of hydrogen-bond donors (Lipinski definition) is 1. The van der Waals surface area contributed by atoms with Crippen molar-refractivity contribution in [3.8, 4) is 0 Å². The maximum atomic E-state index is 11.7. The predicted molar refractivity (Wildman–Crippen MR) is 89.6 cm³/mol. The summed E-state index contributed by atoms with van der Waals surface area (Å²) in [5, 5.41) is 9.61. The van der Waals surface area contributed by atoms with Crippen LogP contribution in [0.2, 0.25) is 0 Å². The molecule has 1 aromatic heterocycles. The maximum absolute atomic E-state index is 11.7. The van der Waals surface area contributed by atoms with Crippen LogP contribution in [-0.4, -0.2) is 58.6 Å². The number of piperidine rings is 1. The van der Waals surface area contributed by atoms with Gasteiger partial charge in [0.2, 0.25) is 0 Å². The average molecular weight is 321 g/mol. The predicted octanol–water partition coefficient (Wildman–Crippen LogP) is 2.25. The van der Waals surface area contributed by atoms with E-state index in [-0.39, 0.29) is 0 Å². The van der Waals surface area contributed by atoms with Gasteiger partial charge < -0.3 is 10.0 Å². The van der Waals surface area contributed by atoms with Crippen LogP contribution in [-0.2, 0) is 4.79 Å². The second-order valence-electron chi connectivity index (χ2n) is 5.89. The van der Waals surface area contributed by atoms with Crippen LogP contribution in [0.3, 0.4) is 0 Å². The fraction of sp³-hybridized carbons (Fsp3) is 0.625. The number of anilines is 1. The van der Waals surface area contributed by atoms with Crippen LogP contribution in [0.5, 0.6) is 0 Å². The summed E-state index contributed by atoms with van der Waals surface area (Å²) in [4.78, 5) is 20.6. The number of thioether (sulfide) groups is 1. The summed E-state index contributed by atoms with van der Waals surface area (Å²) >= 11 is 1.89. The fourth-order valence-electron chi connectivity index (χ4n) is 3.21. The smallest absolute Gasteiger partial charge is 0.325 e. The monoisotopic (exact) mass is 321 g/mol. The van der Waals surface area contributed by atoms with Gasteiger partial charge in [0.1, 0.15) is 11.9 Å². The third-order valence-electron chi connectivity index (χ3n) is 4.41. The van der Waals surface area contributed by atoms with Crippen LogP contribution < -0.4 is 4.90 Å². The van der Waals surface area contributed by atoms with E-state index in [0.29, 0.717) is 0 Å². The highest BCUT2D eigenvalue weighted by molar-refractivity contribution is 7.99. The first-order chi connectivity index (χ1) is 10.8. The number of aromatic nitrogens is 1. The quantitative estimate of drug-likeness (QED) is 0.918. The Morgan fingerprint density at radius 3 is 2.45 bits per heavy atom. The van der Waals surface area contributed by atoms with Gasteiger partial charge in [-0.2, -0.15) is 11.8 Å². The Hall–Kier alpha value is -1.27. The molecule has 1 N–H and O–H groups in total. The molecule has 22 heavy (non-hydrogen) atoms. The van der Waals surface area contributed by atoms with Gasteiger partial charge in [-0.25, -0.2) is 4.98 Å². The molecular formula is C16H23N3O2S. The summed E-state index contributed by atoms with van der Waals surface area (Å²) in [6, 6.07) is 3.36. The van der Waals surface area contributed by atoms with E-state index in [9.17, 15) is 9.90 Å². The Balaban J connectivity index is 1.75. The molecule has 6 heteroatoms. The van der Waals surface area contributed by atoms with Gasteiger partial charge in [-0.1, -0.05) is 6.07 Å². The van der Waals surface area contributed by atoms with E-state index >= 15 is 0 Å². The van der Waals surface area contributed by atoms with Crippen LogP contribution in [0.1, 0.15) is 30.9 Å². The van der Waals surface area contributed by atoms with Gasteiger partial charge in [0, 0.05) is 43.9 Å². The highest BCUT2D eigenvalue weighted by Gasteiger charge is 2.29. The molecule has 0 unspecified atom stereocenters. The number of nitrogens with zero attached hydrogens (tertiary/aromatic N) is 3. The first-order valence-electron chi connectivity index (χ1n) is 8.01. The number of carboxylic acid groups (broad SMARTS) is 1. The van der Waals surface area contributed by atoms with E-state index in [2.05, 4.69) is 14.8 Å². The molecular weight excluding hydrogens is 298 g/mol. The summed E-state index contributed by atoms with van der Waals surface area (Å²) in [5.74, 6) is 2.20. The Morgan fingerprint density at radius 2 is 1.86 bits per heavy atom. The Bertz CT molecular complexity index is 497. The lowest BCUT2D eigenvalue weighted by atomic mass is 10.1. The lowest BCUT2D eigenvalue weighted by Gasteiger charge is -2.32. The molecule has 1 atom stereocenters. The minimum atomic E-state index is -0.778. The third kappa shape index (κ3) is 3.55. The Kier molecular flexibility index (Phi) is 5.20. The molecule has 0 amide bonds. The molecule has 0 radical (unpaired) electrons. The number of hydrogen-bond acceptors (Lipinski definition) is 5. The highest BCUT2D eigenvalue weighted by atomic mass is 32.2. The van der Waals surface area contributed by atoms with Crippen molar-refractivity contribution in [2.75, 3.05) is 42.6 Å². The minimum absolute atomic E-state index is 0.566. The first-order valence-corrected chi connectivity index (χ1v) is 9.17. The number of carboxylic acids is 1. The molecule has 2 aliphatic rings. The number of carbonyl (C=O) groups is 1. The molecule has 0 saturated carbocycles. The van der Waals surface area contributed by atoms with Crippen LogP contribution in [0.15, 0.2) is 18.3 Å². The molecule has 2 saturated heterocycles. The molecule has 2 aliphatic heterocycles. The lowest BCUT2D eigenvalue weighted by Crippen LogP contribution is -2.39. The Labute approximate surface area is 135 Å². The van der Waals surface area contributed by atoms with Gasteiger partial charge in [-0.15, -0.1) is 0 Å². The van der Waals surface area contributed by atoms with Crippen LogP contribution in [0.25, 0.3) is 0 Å². The van der Waals surface area contributed by atoms with E-state index in [0.717, 1.165) is 49.1 Å². The zero-order chi connectivity index (χ0) is 15.4. The van der Waals surface area contributed by atoms with Gasteiger partial charge in [0.15, 0.2) is 0 Å².